The van der Waals surface area contributed by atoms with E-state index in [1.165, 1.54) is 0 Å². The van der Waals surface area contributed by atoms with E-state index >= 15 is 0 Å². The zero-order valence-electron chi connectivity index (χ0n) is 7.34. The summed E-state index contributed by atoms with van der Waals surface area (Å²) in [6, 6.07) is 0. The molecule has 0 aromatic heterocycles. The highest BCUT2D eigenvalue weighted by Gasteiger charge is 1.88. The Morgan fingerprint density at radius 2 is 2.27 bits per heavy atom. The van der Waals surface area contributed by atoms with Crippen LogP contribution in [0.25, 0.3) is 0 Å². The Bertz CT molecular complexity index is 154. The molecule has 0 spiro atoms. The van der Waals surface area contributed by atoms with Gasteiger partial charge in [0.1, 0.15) is 0 Å². The molecule has 0 rings (SSSR count). The number of hydrogen-bond acceptors (Lipinski definition) is 1. The Kier molecular flexibility index (Phi) is 6.75. The van der Waals surface area contributed by atoms with Crippen LogP contribution in [0.1, 0.15) is 13.8 Å². The Morgan fingerprint density at radius 1 is 1.55 bits per heavy atom. The Balaban J connectivity index is 3.89. The molecule has 0 N–H and O–H groups in total. The monoisotopic (exact) mass is 152 g/mol. The van der Waals surface area contributed by atoms with E-state index in [9.17, 15) is 0 Å². The van der Waals surface area contributed by atoms with E-state index in [1.54, 1.807) is 6.08 Å². The molecular weight excluding hydrogens is 136 g/mol. The summed E-state index contributed by atoms with van der Waals surface area (Å²) < 4.78 is 5.23. The van der Waals surface area contributed by atoms with Gasteiger partial charge in [-0.25, -0.2) is 0 Å². The first-order valence-corrected chi connectivity index (χ1v) is 3.87. The molecule has 0 unspecified atom stereocenters. The fourth-order valence-corrected chi connectivity index (χ4v) is 0.737. The standard InChI is InChI=1S/C10H16O/c1-4-7-10(8-5-2)9-11-6-3/h4-5,7-8H,1,6,9H2,2-3H3/b8-5-,10-7+. The maximum absolute atomic E-state index is 5.23. The predicted molar refractivity (Wildman–Crippen MR) is 49.6 cm³/mol. The van der Waals surface area contributed by atoms with Crippen molar-refractivity contribution in [3.8, 4) is 0 Å². The average molecular weight is 152 g/mol. The first-order valence-electron chi connectivity index (χ1n) is 3.87. The lowest BCUT2D eigenvalue weighted by atomic mass is 10.2. The van der Waals surface area contributed by atoms with Crippen molar-refractivity contribution in [2.24, 2.45) is 0 Å². The lowest BCUT2D eigenvalue weighted by Gasteiger charge is -2.00. The van der Waals surface area contributed by atoms with Gasteiger partial charge in [0.05, 0.1) is 6.61 Å². The van der Waals surface area contributed by atoms with Gasteiger partial charge in [-0.2, -0.15) is 0 Å². The van der Waals surface area contributed by atoms with Gasteiger partial charge in [-0.05, 0) is 19.4 Å². The SMILES string of the molecule is C=C/C=C(\C=C/C)COCC. The molecule has 0 radical (unpaired) electrons. The van der Waals surface area contributed by atoms with Gasteiger partial charge in [-0.1, -0.05) is 30.9 Å². The summed E-state index contributed by atoms with van der Waals surface area (Å²) in [7, 11) is 0. The highest BCUT2D eigenvalue weighted by atomic mass is 16.5. The fourth-order valence-electron chi connectivity index (χ4n) is 0.737. The lowest BCUT2D eigenvalue weighted by molar-refractivity contribution is 0.173. The van der Waals surface area contributed by atoms with Crippen molar-refractivity contribution in [3.63, 3.8) is 0 Å². The molecule has 0 atom stereocenters. The fraction of sp³-hybridized carbons (Fsp3) is 0.400. The molecule has 1 nitrogen and oxygen atoms in total. The molecule has 0 aromatic carbocycles. The third-order valence-electron chi connectivity index (χ3n) is 1.19. The van der Waals surface area contributed by atoms with Crippen LogP contribution in [0.4, 0.5) is 0 Å². The second kappa shape index (κ2) is 7.29. The third-order valence-corrected chi connectivity index (χ3v) is 1.19. The summed E-state index contributed by atoms with van der Waals surface area (Å²) in [5.74, 6) is 0. The predicted octanol–water partition coefficient (Wildman–Crippen LogP) is 2.71. The van der Waals surface area contributed by atoms with E-state index in [-0.39, 0.29) is 0 Å². The molecule has 0 aliphatic heterocycles. The highest BCUT2D eigenvalue weighted by molar-refractivity contribution is 5.22. The molecule has 0 amide bonds. The van der Waals surface area contributed by atoms with E-state index in [4.69, 9.17) is 4.74 Å². The van der Waals surface area contributed by atoms with Crippen molar-refractivity contribution < 1.29 is 4.74 Å². The van der Waals surface area contributed by atoms with Crippen LogP contribution in [0.2, 0.25) is 0 Å². The number of ether oxygens (including phenoxy) is 1. The van der Waals surface area contributed by atoms with E-state index in [0.29, 0.717) is 6.61 Å². The van der Waals surface area contributed by atoms with E-state index in [2.05, 4.69) is 6.58 Å². The quantitative estimate of drug-likeness (QED) is 0.550. The van der Waals surface area contributed by atoms with Gasteiger partial charge in [-0.15, -0.1) is 0 Å². The molecule has 0 bridgehead atoms. The summed E-state index contributed by atoms with van der Waals surface area (Å²) in [6.07, 6.45) is 7.75. The summed E-state index contributed by atoms with van der Waals surface area (Å²) in [5, 5.41) is 0. The van der Waals surface area contributed by atoms with Gasteiger partial charge in [0.15, 0.2) is 0 Å². The molecule has 0 saturated carbocycles. The minimum Gasteiger partial charge on any atom is -0.377 e. The van der Waals surface area contributed by atoms with E-state index < -0.39 is 0 Å². The van der Waals surface area contributed by atoms with Gasteiger partial charge in [0.25, 0.3) is 0 Å². The first-order chi connectivity index (χ1) is 5.35. The Labute approximate surface area is 69.1 Å². The van der Waals surface area contributed by atoms with Crippen LogP contribution in [0, 0.1) is 0 Å². The Morgan fingerprint density at radius 3 is 2.73 bits per heavy atom. The molecule has 0 aliphatic rings. The summed E-state index contributed by atoms with van der Waals surface area (Å²) in [4.78, 5) is 0. The second-order valence-corrected chi connectivity index (χ2v) is 2.11. The minimum absolute atomic E-state index is 0.673. The third kappa shape index (κ3) is 5.62. The van der Waals surface area contributed by atoms with Gasteiger partial charge in [0.2, 0.25) is 0 Å². The van der Waals surface area contributed by atoms with Crippen LogP contribution in [0.3, 0.4) is 0 Å². The highest BCUT2D eigenvalue weighted by Crippen LogP contribution is 1.97. The van der Waals surface area contributed by atoms with E-state index in [1.807, 2.05) is 32.1 Å². The van der Waals surface area contributed by atoms with Crippen LogP contribution >= 0.6 is 0 Å². The number of rotatable bonds is 5. The first kappa shape index (κ1) is 10.2. The van der Waals surface area contributed by atoms with Crippen LogP contribution in [-0.4, -0.2) is 13.2 Å². The molecule has 0 aromatic rings. The zero-order chi connectivity index (χ0) is 8.53. The van der Waals surface area contributed by atoms with Gasteiger partial charge in [0, 0.05) is 6.61 Å². The van der Waals surface area contributed by atoms with Gasteiger partial charge < -0.3 is 4.74 Å². The molecule has 0 aliphatic carbocycles. The maximum Gasteiger partial charge on any atom is 0.0716 e. The average Bonchev–Trinajstić information content (AvgIpc) is 2.01. The largest absolute Gasteiger partial charge is 0.377 e. The molecule has 11 heavy (non-hydrogen) atoms. The smallest absolute Gasteiger partial charge is 0.0716 e. The minimum atomic E-state index is 0.673. The number of allylic oxidation sites excluding steroid dienone is 3. The van der Waals surface area contributed by atoms with Crippen LogP contribution in [0.5, 0.6) is 0 Å². The molecule has 0 heterocycles. The van der Waals surface area contributed by atoms with Crippen molar-refractivity contribution in [3.05, 3.63) is 36.5 Å². The molecule has 0 saturated heterocycles. The summed E-state index contributed by atoms with van der Waals surface area (Å²) in [5.41, 5.74) is 1.16. The van der Waals surface area contributed by atoms with Crippen molar-refractivity contribution in [1.82, 2.24) is 0 Å². The summed E-state index contributed by atoms with van der Waals surface area (Å²) in [6.45, 7) is 9.03. The van der Waals surface area contributed by atoms with Gasteiger partial charge in [-0.3, -0.25) is 0 Å². The zero-order valence-corrected chi connectivity index (χ0v) is 7.34. The van der Waals surface area contributed by atoms with Crippen LogP contribution < -0.4 is 0 Å². The molecule has 0 fully saturated rings. The number of hydrogen-bond donors (Lipinski definition) is 0. The van der Waals surface area contributed by atoms with Crippen LogP contribution in [-0.2, 0) is 4.74 Å². The maximum atomic E-state index is 5.23. The second-order valence-electron chi connectivity index (χ2n) is 2.11. The summed E-state index contributed by atoms with van der Waals surface area (Å²) >= 11 is 0. The van der Waals surface area contributed by atoms with Crippen molar-refractivity contribution in [2.45, 2.75) is 13.8 Å². The van der Waals surface area contributed by atoms with Crippen molar-refractivity contribution in [2.75, 3.05) is 13.2 Å². The van der Waals surface area contributed by atoms with Crippen molar-refractivity contribution >= 4 is 0 Å². The van der Waals surface area contributed by atoms with Gasteiger partial charge >= 0.3 is 0 Å². The van der Waals surface area contributed by atoms with E-state index in [0.717, 1.165) is 12.2 Å². The molecule has 62 valence electrons. The Hall–Kier alpha value is -0.820. The van der Waals surface area contributed by atoms with Crippen molar-refractivity contribution in [1.29, 1.82) is 0 Å². The molecular formula is C10H16O. The van der Waals surface area contributed by atoms with Crippen LogP contribution in [0.15, 0.2) is 36.5 Å². The molecule has 1 heteroatoms. The lowest BCUT2D eigenvalue weighted by Crippen LogP contribution is -1.94. The normalized spacial score (nSPS) is 12.4. The topological polar surface area (TPSA) is 9.23 Å².